The molecule has 1 aromatic carbocycles. The predicted octanol–water partition coefficient (Wildman–Crippen LogP) is -0.281. The van der Waals surface area contributed by atoms with Gasteiger partial charge in [0.25, 0.3) is 5.91 Å². The number of carbonyl (C=O) groups is 3. The molecule has 9 nitrogen and oxygen atoms in total. The number of hydrogen-bond donors (Lipinski definition) is 2. The normalized spacial score (nSPS) is 11.0. The molecular weight excluding hydrogens is 374 g/mol. The van der Waals surface area contributed by atoms with Crippen LogP contribution in [0.1, 0.15) is 17.5 Å². The van der Waals surface area contributed by atoms with Crippen LogP contribution < -0.4 is 10.0 Å². The Morgan fingerprint density at radius 2 is 1.81 bits per heavy atom. The summed E-state index contributed by atoms with van der Waals surface area (Å²) in [6, 6.07) is 4.95. The van der Waals surface area contributed by atoms with Crippen molar-refractivity contribution in [3.8, 4) is 0 Å². The molecule has 1 aromatic rings. The van der Waals surface area contributed by atoms with E-state index in [0.717, 1.165) is 5.56 Å². The van der Waals surface area contributed by atoms with Crippen molar-refractivity contribution in [1.82, 2.24) is 14.9 Å². The fraction of sp³-hybridized carbons (Fsp3) is 0.471. The molecule has 27 heavy (non-hydrogen) atoms. The smallest absolute Gasteiger partial charge is 0.307 e. The van der Waals surface area contributed by atoms with Crippen LogP contribution in [0.4, 0.5) is 0 Å². The van der Waals surface area contributed by atoms with Gasteiger partial charge in [-0.1, -0.05) is 17.7 Å². The molecule has 0 bridgehead atoms. The van der Waals surface area contributed by atoms with Crippen molar-refractivity contribution in [2.75, 3.05) is 33.8 Å². The largest absolute Gasteiger partial charge is 0.456 e. The average molecular weight is 399 g/mol. The number of nitrogens with one attached hydrogen (secondary N) is 2. The van der Waals surface area contributed by atoms with E-state index in [-0.39, 0.29) is 30.3 Å². The highest BCUT2D eigenvalue weighted by molar-refractivity contribution is 7.89. The molecule has 2 N–H and O–H groups in total. The molecule has 0 saturated heterocycles. The summed E-state index contributed by atoms with van der Waals surface area (Å²) in [5.74, 6) is -1.64. The minimum absolute atomic E-state index is 0.145. The number of ether oxygens (including phenoxy) is 1. The van der Waals surface area contributed by atoms with Crippen molar-refractivity contribution < 1.29 is 27.5 Å². The molecule has 0 aliphatic carbocycles. The first-order valence-electron chi connectivity index (χ1n) is 8.22. The number of esters is 1. The quantitative estimate of drug-likeness (QED) is 0.551. The second-order valence-electron chi connectivity index (χ2n) is 6.14. The third-order valence-corrected chi connectivity index (χ3v) is 5.16. The SMILES string of the molecule is Cc1ccc(S(=O)(=O)NCCC(=O)OCC(=O)NCC(=O)N(C)C)c(C)c1. The Morgan fingerprint density at radius 1 is 1.15 bits per heavy atom. The molecule has 150 valence electrons. The fourth-order valence-corrected chi connectivity index (χ4v) is 3.32. The highest BCUT2D eigenvalue weighted by Gasteiger charge is 2.17. The molecule has 0 saturated carbocycles. The average Bonchev–Trinajstić information content (AvgIpc) is 2.57. The van der Waals surface area contributed by atoms with Gasteiger partial charge in [-0.2, -0.15) is 0 Å². The Morgan fingerprint density at radius 3 is 2.41 bits per heavy atom. The Balaban J connectivity index is 2.38. The first-order chi connectivity index (χ1) is 12.5. The molecular formula is C17H25N3O6S. The van der Waals surface area contributed by atoms with Crippen LogP contribution in [0.5, 0.6) is 0 Å². The van der Waals surface area contributed by atoms with Gasteiger partial charge in [0.15, 0.2) is 6.61 Å². The van der Waals surface area contributed by atoms with Gasteiger partial charge >= 0.3 is 5.97 Å². The number of sulfonamides is 1. The van der Waals surface area contributed by atoms with Gasteiger partial charge in [-0.05, 0) is 25.5 Å². The molecule has 0 aliphatic rings. The lowest BCUT2D eigenvalue weighted by atomic mass is 10.2. The zero-order valence-corrected chi connectivity index (χ0v) is 16.7. The maximum atomic E-state index is 12.3. The summed E-state index contributed by atoms with van der Waals surface area (Å²) in [6.45, 7) is 2.66. The highest BCUT2D eigenvalue weighted by Crippen LogP contribution is 2.16. The number of rotatable bonds is 9. The number of aryl methyl sites for hydroxylation is 2. The lowest BCUT2D eigenvalue weighted by Crippen LogP contribution is -2.38. The summed E-state index contributed by atoms with van der Waals surface area (Å²) in [5, 5.41) is 2.31. The van der Waals surface area contributed by atoms with E-state index in [0.29, 0.717) is 5.56 Å². The van der Waals surface area contributed by atoms with Crippen LogP contribution in [0, 0.1) is 13.8 Å². The van der Waals surface area contributed by atoms with Gasteiger partial charge in [0, 0.05) is 20.6 Å². The molecule has 0 fully saturated rings. The zero-order chi connectivity index (χ0) is 20.6. The second kappa shape index (κ2) is 10.0. The molecule has 0 aliphatic heterocycles. The summed E-state index contributed by atoms with van der Waals surface area (Å²) in [7, 11) is -0.642. The van der Waals surface area contributed by atoms with Gasteiger partial charge in [0.05, 0.1) is 17.9 Å². The van der Waals surface area contributed by atoms with E-state index in [1.807, 2.05) is 6.92 Å². The summed E-state index contributed by atoms with van der Waals surface area (Å²) < 4.78 is 31.6. The standard InChI is InChI=1S/C17H25N3O6S/c1-12-5-6-14(13(2)9-12)27(24,25)19-8-7-17(23)26-11-15(21)18-10-16(22)20(3)4/h5-6,9,19H,7-8,10-11H2,1-4H3,(H,18,21). The van der Waals surface area contributed by atoms with E-state index in [1.54, 1.807) is 33.2 Å². The molecule has 0 atom stereocenters. The van der Waals surface area contributed by atoms with Crippen LogP contribution in [0.3, 0.4) is 0 Å². The predicted molar refractivity (Wildman–Crippen MR) is 98.4 cm³/mol. The third kappa shape index (κ3) is 7.75. The monoisotopic (exact) mass is 399 g/mol. The molecule has 0 aromatic heterocycles. The van der Waals surface area contributed by atoms with E-state index >= 15 is 0 Å². The second-order valence-corrected chi connectivity index (χ2v) is 7.88. The number of amides is 2. The lowest BCUT2D eigenvalue weighted by Gasteiger charge is -2.11. The minimum atomic E-state index is -3.74. The Kier molecular flexibility index (Phi) is 8.38. The number of hydrogen-bond acceptors (Lipinski definition) is 6. The molecule has 0 radical (unpaired) electrons. The summed E-state index contributed by atoms with van der Waals surface area (Å²) in [4.78, 5) is 35.9. The molecule has 1 rings (SSSR count). The van der Waals surface area contributed by atoms with E-state index in [9.17, 15) is 22.8 Å². The van der Waals surface area contributed by atoms with Crippen LogP contribution in [-0.2, 0) is 29.1 Å². The summed E-state index contributed by atoms with van der Waals surface area (Å²) in [6.07, 6.45) is -0.228. The molecule has 0 spiro atoms. The number of nitrogens with zero attached hydrogens (tertiary/aromatic N) is 1. The van der Waals surface area contributed by atoms with Gasteiger partial charge < -0.3 is 15.0 Å². The van der Waals surface area contributed by atoms with Crippen molar-refractivity contribution in [1.29, 1.82) is 0 Å². The van der Waals surface area contributed by atoms with Crippen LogP contribution in [0.25, 0.3) is 0 Å². The van der Waals surface area contributed by atoms with Crippen molar-refractivity contribution >= 4 is 27.8 Å². The van der Waals surface area contributed by atoms with E-state index in [4.69, 9.17) is 4.74 Å². The maximum Gasteiger partial charge on any atom is 0.307 e. The fourth-order valence-electron chi connectivity index (χ4n) is 2.07. The van der Waals surface area contributed by atoms with Crippen molar-refractivity contribution in [3.05, 3.63) is 29.3 Å². The Bertz CT molecular complexity index is 805. The van der Waals surface area contributed by atoms with E-state index in [2.05, 4.69) is 10.0 Å². The Hall–Kier alpha value is -2.46. The molecule has 0 unspecified atom stereocenters. The molecule has 10 heteroatoms. The van der Waals surface area contributed by atoms with Crippen LogP contribution in [0.2, 0.25) is 0 Å². The van der Waals surface area contributed by atoms with Gasteiger partial charge in [-0.15, -0.1) is 0 Å². The first-order valence-corrected chi connectivity index (χ1v) is 9.70. The van der Waals surface area contributed by atoms with Crippen molar-refractivity contribution in [2.45, 2.75) is 25.2 Å². The van der Waals surface area contributed by atoms with Crippen molar-refractivity contribution in [3.63, 3.8) is 0 Å². The van der Waals surface area contributed by atoms with Gasteiger partial charge in [0.2, 0.25) is 15.9 Å². The van der Waals surface area contributed by atoms with Gasteiger partial charge in [0.1, 0.15) is 0 Å². The third-order valence-electron chi connectivity index (χ3n) is 3.54. The van der Waals surface area contributed by atoms with Crippen LogP contribution in [0.15, 0.2) is 23.1 Å². The summed E-state index contributed by atoms with van der Waals surface area (Å²) >= 11 is 0. The van der Waals surface area contributed by atoms with Crippen molar-refractivity contribution in [2.24, 2.45) is 0 Å². The topological polar surface area (TPSA) is 122 Å². The number of benzene rings is 1. The zero-order valence-electron chi connectivity index (χ0n) is 15.9. The lowest BCUT2D eigenvalue weighted by molar-refractivity contribution is -0.148. The molecule has 2 amide bonds. The Labute approximate surface area is 159 Å². The van der Waals surface area contributed by atoms with E-state index in [1.165, 1.54) is 11.0 Å². The first kappa shape index (κ1) is 22.6. The number of likely N-dealkylation sites (N-methyl/N-ethyl adjacent to an activating group) is 1. The van der Waals surface area contributed by atoms with Crippen LogP contribution in [-0.4, -0.2) is 64.9 Å². The van der Waals surface area contributed by atoms with Gasteiger partial charge in [-0.25, -0.2) is 13.1 Å². The van der Waals surface area contributed by atoms with Gasteiger partial charge in [-0.3, -0.25) is 14.4 Å². The number of carbonyl (C=O) groups excluding carboxylic acids is 3. The molecule has 0 heterocycles. The highest BCUT2D eigenvalue weighted by atomic mass is 32.2. The van der Waals surface area contributed by atoms with Crippen LogP contribution >= 0.6 is 0 Å². The minimum Gasteiger partial charge on any atom is -0.456 e. The van der Waals surface area contributed by atoms with E-state index < -0.39 is 28.5 Å². The summed E-state index contributed by atoms with van der Waals surface area (Å²) in [5.41, 5.74) is 1.55. The maximum absolute atomic E-state index is 12.3.